The highest BCUT2D eigenvalue weighted by Crippen LogP contribution is 2.37. The van der Waals surface area contributed by atoms with Crippen molar-refractivity contribution >= 4 is 25.0 Å². The second-order valence-electron chi connectivity index (χ2n) is 5.70. The fourth-order valence-electron chi connectivity index (χ4n) is 1.87. The summed E-state index contributed by atoms with van der Waals surface area (Å²) in [7, 11) is 0.640. The summed E-state index contributed by atoms with van der Waals surface area (Å²) in [6, 6.07) is 3.85. The van der Waals surface area contributed by atoms with Crippen molar-refractivity contribution in [2.75, 3.05) is 7.11 Å². The largest absolute Gasteiger partial charge is 0.496 e. The first kappa shape index (κ1) is 16.7. The van der Waals surface area contributed by atoms with Gasteiger partial charge in [0.1, 0.15) is 5.75 Å². The minimum absolute atomic E-state index is 0.0805. The summed E-state index contributed by atoms with van der Waals surface area (Å²) in [6.07, 6.45) is -0.903. The van der Waals surface area contributed by atoms with Crippen molar-refractivity contribution in [1.82, 2.24) is 0 Å². The lowest BCUT2D eigenvalue weighted by Crippen LogP contribution is -2.20. The molecule has 1 atom stereocenters. The molecule has 0 amide bonds. The van der Waals surface area contributed by atoms with Crippen LogP contribution in [0.5, 0.6) is 5.75 Å². The first-order valence-electron chi connectivity index (χ1n) is 6.19. The fourth-order valence-corrected chi connectivity index (χ4v) is 2.94. The number of halogens is 1. The average Bonchev–Trinajstić information content (AvgIpc) is 2.26. The van der Waals surface area contributed by atoms with Crippen LogP contribution in [0.15, 0.2) is 16.6 Å². The molecule has 0 aromatic heterocycles. The van der Waals surface area contributed by atoms with Gasteiger partial charge in [-0.15, -0.1) is 0 Å². The molecule has 0 bridgehead atoms. The van der Waals surface area contributed by atoms with E-state index in [9.17, 15) is 5.11 Å². The molecule has 107 valence electrons. The molecule has 1 aromatic rings. The number of methoxy groups -OCH3 is 1. The number of hydrogen-bond acceptors (Lipinski definition) is 3. The SMILES string of the molecule is COc1cc(C(O)O[Si](C)C)c(C(C)(C)C)cc1Br. The normalized spacial score (nSPS) is 13.7. The van der Waals surface area contributed by atoms with Crippen LogP contribution in [0.3, 0.4) is 0 Å². The molecule has 5 heteroatoms. The van der Waals surface area contributed by atoms with E-state index >= 15 is 0 Å². The third-order valence-corrected chi connectivity index (χ3v) is 4.06. The monoisotopic (exact) mass is 345 g/mol. The number of ether oxygens (including phenoxy) is 1. The van der Waals surface area contributed by atoms with Crippen LogP contribution in [-0.4, -0.2) is 21.3 Å². The van der Waals surface area contributed by atoms with Gasteiger partial charge in [0.2, 0.25) is 9.04 Å². The van der Waals surface area contributed by atoms with Gasteiger partial charge in [-0.3, -0.25) is 0 Å². The zero-order chi connectivity index (χ0) is 14.8. The van der Waals surface area contributed by atoms with Gasteiger partial charge in [-0.2, -0.15) is 0 Å². The van der Waals surface area contributed by atoms with Gasteiger partial charge in [-0.25, -0.2) is 0 Å². The van der Waals surface area contributed by atoms with Gasteiger partial charge in [-0.1, -0.05) is 20.8 Å². The molecule has 0 fully saturated rings. The van der Waals surface area contributed by atoms with Gasteiger partial charge in [0, 0.05) is 5.56 Å². The van der Waals surface area contributed by atoms with Gasteiger partial charge in [0.15, 0.2) is 6.29 Å². The molecule has 1 unspecified atom stereocenters. The Kier molecular flexibility index (Phi) is 5.61. The highest BCUT2D eigenvalue weighted by Gasteiger charge is 2.25. The van der Waals surface area contributed by atoms with Gasteiger partial charge in [-0.05, 0) is 52.1 Å². The van der Waals surface area contributed by atoms with Crippen LogP contribution in [0.25, 0.3) is 0 Å². The summed E-state index contributed by atoms with van der Waals surface area (Å²) in [5.74, 6) is 0.701. The number of aliphatic hydroxyl groups excluding tert-OH is 1. The van der Waals surface area contributed by atoms with Gasteiger partial charge in [0.25, 0.3) is 0 Å². The summed E-state index contributed by atoms with van der Waals surface area (Å²) in [5, 5.41) is 10.3. The van der Waals surface area contributed by atoms with E-state index in [4.69, 9.17) is 9.16 Å². The molecule has 0 heterocycles. The van der Waals surface area contributed by atoms with Gasteiger partial charge >= 0.3 is 0 Å². The van der Waals surface area contributed by atoms with E-state index in [1.54, 1.807) is 7.11 Å². The van der Waals surface area contributed by atoms with E-state index < -0.39 is 15.3 Å². The van der Waals surface area contributed by atoms with Crippen LogP contribution in [0.1, 0.15) is 38.2 Å². The highest BCUT2D eigenvalue weighted by atomic mass is 79.9. The van der Waals surface area contributed by atoms with E-state index in [2.05, 4.69) is 36.7 Å². The minimum Gasteiger partial charge on any atom is -0.496 e. The van der Waals surface area contributed by atoms with Gasteiger partial charge in [0.05, 0.1) is 11.6 Å². The number of aliphatic hydroxyl groups is 1. The zero-order valence-electron chi connectivity index (χ0n) is 12.4. The molecule has 1 rings (SSSR count). The Bertz CT molecular complexity index is 441. The summed E-state index contributed by atoms with van der Waals surface area (Å²) in [6.45, 7) is 10.3. The van der Waals surface area contributed by atoms with E-state index in [1.807, 2.05) is 25.2 Å². The number of hydrogen-bond donors (Lipinski definition) is 1. The Morgan fingerprint density at radius 2 is 1.84 bits per heavy atom. The summed E-state index contributed by atoms with van der Waals surface area (Å²) in [5.41, 5.74) is 1.75. The van der Waals surface area contributed by atoms with E-state index in [-0.39, 0.29) is 5.41 Å². The summed E-state index contributed by atoms with van der Waals surface area (Å²) < 4.78 is 11.8. The lowest BCUT2D eigenvalue weighted by molar-refractivity contribution is -0.0225. The highest BCUT2D eigenvalue weighted by molar-refractivity contribution is 9.10. The van der Waals surface area contributed by atoms with Crippen LogP contribution < -0.4 is 4.74 Å². The zero-order valence-corrected chi connectivity index (χ0v) is 15.0. The molecule has 0 aliphatic heterocycles. The van der Waals surface area contributed by atoms with Crippen molar-refractivity contribution in [2.45, 2.75) is 45.6 Å². The first-order valence-corrected chi connectivity index (χ1v) is 9.39. The summed E-state index contributed by atoms with van der Waals surface area (Å²) in [4.78, 5) is 0. The van der Waals surface area contributed by atoms with Crippen LogP contribution in [-0.2, 0) is 9.84 Å². The maximum atomic E-state index is 10.3. The molecule has 1 aromatic carbocycles. The van der Waals surface area contributed by atoms with Crippen molar-refractivity contribution in [2.24, 2.45) is 0 Å². The van der Waals surface area contributed by atoms with Crippen LogP contribution in [0.4, 0.5) is 0 Å². The van der Waals surface area contributed by atoms with Crippen LogP contribution in [0, 0.1) is 0 Å². The van der Waals surface area contributed by atoms with Crippen LogP contribution >= 0.6 is 15.9 Å². The molecule has 3 nitrogen and oxygen atoms in total. The molecule has 0 saturated heterocycles. The second kappa shape index (κ2) is 6.39. The molecular weight excluding hydrogens is 324 g/mol. The summed E-state index contributed by atoms with van der Waals surface area (Å²) >= 11 is 3.49. The van der Waals surface area contributed by atoms with E-state index in [0.717, 1.165) is 15.6 Å². The lowest BCUT2D eigenvalue weighted by Gasteiger charge is -2.27. The third-order valence-electron chi connectivity index (χ3n) is 2.75. The van der Waals surface area contributed by atoms with Crippen molar-refractivity contribution in [3.63, 3.8) is 0 Å². The quantitative estimate of drug-likeness (QED) is 0.661. The fraction of sp³-hybridized carbons (Fsp3) is 0.571. The average molecular weight is 346 g/mol. The Balaban J connectivity index is 3.33. The Morgan fingerprint density at radius 3 is 2.26 bits per heavy atom. The lowest BCUT2D eigenvalue weighted by atomic mass is 9.83. The standard InChI is InChI=1S/C14H22BrO3Si/c1-14(2,3)10-8-11(15)12(17-4)7-9(10)13(16)18-19(5)6/h7-8,13,16H,1-6H3. The molecule has 0 spiro atoms. The second-order valence-corrected chi connectivity index (χ2v) is 8.61. The topological polar surface area (TPSA) is 38.7 Å². The number of benzene rings is 1. The maximum Gasteiger partial charge on any atom is 0.208 e. The first-order chi connectivity index (χ1) is 8.66. The third kappa shape index (κ3) is 4.31. The smallest absolute Gasteiger partial charge is 0.208 e. The van der Waals surface area contributed by atoms with E-state index in [0.29, 0.717) is 5.75 Å². The molecule has 19 heavy (non-hydrogen) atoms. The molecular formula is C14H22BrO3Si. The molecule has 1 radical (unpaired) electrons. The predicted octanol–water partition coefficient (Wildman–Crippen LogP) is 4.01. The Labute approximate surface area is 125 Å². The molecule has 0 aliphatic rings. The van der Waals surface area contributed by atoms with Crippen molar-refractivity contribution in [3.8, 4) is 5.75 Å². The minimum atomic E-state index is -0.974. The van der Waals surface area contributed by atoms with Crippen molar-refractivity contribution in [1.29, 1.82) is 0 Å². The number of rotatable bonds is 4. The predicted molar refractivity (Wildman–Crippen MR) is 82.9 cm³/mol. The Hall–Kier alpha value is -0.363. The molecule has 1 N–H and O–H groups in total. The van der Waals surface area contributed by atoms with Crippen molar-refractivity contribution in [3.05, 3.63) is 27.7 Å². The molecule has 0 aliphatic carbocycles. The maximum absolute atomic E-state index is 10.3. The Morgan fingerprint density at radius 1 is 1.26 bits per heavy atom. The van der Waals surface area contributed by atoms with Gasteiger partial charge < -0.3 is 14.3 Å². The molecule has 0 saturated carbocycles. The van der Waals surface area contributed by atoms with E-state index in [1.165, 1.54) is 0 Å². The van der Waals surface area contributed by atoms with Crippen molar-refractivity contribution < 1.29 is 14.3 Å². The van der Waals surface area contributed by atoms with Crippen LogP contribution in [0.2, 0.25) is 13.1 Å².